The third-order valence-electron chi connectivity index (χ3n) is 0.775. The fourth-order valence-corrected chi connectivity index (χ4v) is 0.434. The molecule has 0 amide bonds. The van der Waals surface area contributed by atoms with E-state index in [0.29, 0.717) is 0 Å². The molecule has 0 saturated carbocycles. The molecule has 2 heteroatoms. The van der Waals surface area contributed by atoms with Crippen molar-refractivity contribution in [2.24, 2.45) is 5.84 Å². The molecule has 0 atom stereocenters. The van der Waals surface area contributed by atoms with Crippen LogP contribution in [-0.4, -0.2) is 11.6 Å². The SMILES string of the molecule is NN1[C]=CC=CC1. The second kappa shape index (κ2) is 1.80. The molecule has 0 bridgehead atoms. The Morgan fingerprint density at radius 3 is 2.86 bits per heavy atom. The third-order valence-corrected chi connectivity index (χ3v) is 0.775. The van der Waals surface area contributed by atoms with E-state index in [-0.39, 0.29) is 0 Å². The lowest BCUT2D eigenvalue weighted by Crippen LogP contribution is -2.26. The Kier molecular flexibility index (Phi) is 1.13. The lowest BCUT2D eigenvalue weighted by atomic mass is 10.4. The first kappa shape index (κ1) is 4.40. The number of allylic oxidation sites excluding steroid dienone is 2. The molecule has 0 spiro atoms. The first-order valence-electron chi connectivity index (χ1n) is 2.16. The molecule has 0 aromatic carbocycles. The van der Waals surface area contributed by atoms with Crippen molar-refractivity contribution in [2.45, 2.75) is 0 Å². The molecule has 0 aromatic rings. The largest absolute Gasteiger partial charge is 0.305 e. The lowest BCUT2D eigenvalue weighted by Gasteiger charge is -2.10. The van der Waals surface area contributed by atoms with Crippen LogP contribution in [0.4, 0.5) is 0 Å². The summed E-state index contributed by atoms with van der Waals surface area (Å²) in [5.41, 5.74) is 0. The summed E-state index contributed by atoms with van der Waals surface area (Å²) in [6, 6.07) is 0. The van der Waals surface area contributed by atoms with Crippen molar-refractivity contribution >= 4 is 0 Å². The van der Waals surface area contributed by atoms with Crippen molar-refractivity contribution in [3.05, 3.63) is 24.4 Å². The monoisotopic (exact) mass is 95.1 g/mol. The highest BCUT2D eigenvalue weighted by molar-refractivity contribution is 5.03. The van der Waals surface area contributed by atoms with Gasteiger partial charge in [0, 0.05) is 0 Å². The van der Waals surface area contributed by atoms with Gasteiger partial charge < -0.3 is 5.01 Å². The van der Waals surface area contributed by atoms with Gasteiger partial charge in [-0.05, 0) is 6.08 Å². The summed E-state index contributed by atoms with van der Waals surface area (Å²) in [6.45, 7) is 0.774. The van der Waals surface area contributed by atoms with E-state index in [9.17, 15) is 0 Å². The highest BCUT2D eigenvalue weighted by Crippen LogP contribution is 1.87. The van der Waals surface area contributed by atoms with Crippen LogP contribution in [0.1, 0.15) is 0 Å². The zero-order valence-electron chi connectivity index (χ0n) is 3.96. The molecule has 0 aromatic heterocycles. The van der Waals surface area contributed by atoms with Gasteiger partial charge in [-0.1, -0.05) is 12.2 Å². The Balaban J connectivity index is 2.49. The van der Waals surface area contributed by atoms with Gasteiger partial charge in [0.05, 0.1) is 12.7 Å². The summed E-state index contributed by atoms with van der Waals surface area (Å²) >= 11 is 0. The van der Waals surface area contributed by atoms with Gasteiger partial charge in [0.15, 0.2) is 0 Å². The molecule has 0 fully saturated rings. The standard InChI is InChI=1S/C5H7N2/c6-7-4-2-1-3-5-7/h1-3H,4,6H2. The summed E-state index contributed by atoms with van der Waals surface area (Å²) in [6.07, 6.45) is 8.45. The van der Waals surface area contributed by atoms with Crippen LogP contribution < -0.4 is 5.84 Å². The molecule has 0 aliphatic carbocycles. The fourth-order valence-electron chi connectivity index (χ4n) is 0.434. The quantitative estimate of drug-likeness (QED) is 0.431. The van der Waals surface area contributed by atoms with E-state index in [1.54, 1.807) is 6.08 Å². The zero-order valence-corrected chi connectivity index (χ0v) is 3.96. The van der Waals surface area contributed by atoms with Crippen LogP contribution in [0.15, 0.2) is 18.2 Å². The second-order valence-corrected chi connectivity index (χ2v) is 1.38. The van der Waals surface area contributed by atoms with Gasteiger partial charge in [0.25, 0.3) is 0 Å². The summed E-state index contributed by atoms with van der Waals surface area (Å²) in [4.78, 5) is 0. The predicted octanol–water partition coefficient (Wildman–Crippen LogP) is 0.0488. The Labute approximate surface area is 42.9 Å². The van der Waals surface area contributed by atoms with Crippen molar-refractivity contribution in [3.63, 3.8) is 0 Å². The molecule has 1 radical (unpaired) electrons. The average molecular weight is 95.1 g/mol. The van der Waals surface area contributed by atoms with E-state index in [0.717, 1.165) is 6.54 Å². The van der Waals surface area contributed by atoms with Crippen LogP contribution in [0.2, 0.25) is 0 Å². The minimum Gasteiger partial charge on any atom is -0.305 e. The maximum Gasteiger partial charge on any atom is 0.0768 e. The van der Waals surface area contributed by atoms with E-state index in [1.165, 1.54) is 5.01 Å². The van der Waals surface area contributed by atoms with Crippen LogP contribution in [-0.2, 0) is 0 Å². The molecule has 37 valence electrons. The molecule has 0 unspecified atom stereocenters. The number of hydrogen-bond donors (Lipinski definition) is 1. The van der Waals surface area contributed by atoms with Gasteiger partial charge in [-0.3, -0.25) is 0 Å². The normalized spacial score (nSPS) is 18.1. The smallest absolute Gasteiger partial charge is 0.0768 e. The summed E-state index contributed by atoms with van der Waals surface area (Å²) in [5.74, 6) is 5.27. The maximum absolute atomic E-state index is 5.27. The highest BCUT2D eigenvalue weighted by atomic mass is 15.4. The van der Waals surface area contributed by atoms with Crippen molar-refractivity contribution in [3.8, 4) is 0 Å². The molecule has 0 saturated heterocycles. The molecule has 2 N–H and O–H groups in total. The van der Waals surface area contributed by atoms with E-state index >= 15 is 0 Å². The van der Waals surface area contributed by atoms with Crippen molar-refractivity contribution in [1.29, 1.82) is 0 Å². The zero-order chi connectivity index (χ0) is 5.11. The van der Waals surface area contributed by atoms with Crippen LogP contribution >= 0.6 is 0 Å². The minimum absolute atomic E-state index is 0.774. The first-order valence-corrected chi connectivity index (χ1v) is 2.16. The number of nitrogens with zero attached hydrogens (tertiary/aromatic N) is 1. The lowest BCUT2D eigenvalue weighted by molar-refractivity contribution is 0.414. The third kappa shape index (κ3) is 1.05. The fraction of sp³-hybridized carbons (Fsp3) is 0.200. The summed E-state index contributed by atoms with van der Waals surface area (Å²) < 4.78 is 0. The molecule has 1 aliphatic rings. The van der Waals surface area contributed by atoms with Crippen LogP contribution in [0.3, 0.4) is 0 Å². The Hall–Kier alpha value is -0.760. The van der Waals surface area contributed by atoms with E-state index in [1.807, 2.05) is 12.2 Å². The average Bonchev–Trinajstić information content (AvgIpc) is 1.69. The van der Waals surface area contributed by atoms with E-state index < -0.39 is 0 Å². The first-order chi connectivity index (χ1) is 3.39. The summed E-state index contributed by atoms with van der Waals surface area (Å²) in [7, 11) is 0. The van der Waals surface area contributed by atoms with Gasteiger partial charge in [0.2, 0.25) is 0 Å². The Bertz CT molecular complexity index is 105. The van der Waals surface area contributed by atoms with Gasteiger partial charge in [-0.15, -0.1) is 0 Å². The summed E-state index contributed by atoms with van der Waals surface area (Å²) in [5, 5.41) is 1.50. The molecular weight excluding hydrogens is 88.1 g/mol. The van der Waals surface area contributed by atoms with Gasteiger partial charge in [0.1, 0.15) is 0 Å². The minimum atomic E-state index is 0.774. The Morgan fingerprint density at radius 2 is 2.57 bits per heavy atom. The molecule has 1 rings (SSSR count). The second-order valence-electron chi connectivity index (χ2n) is 1.38. The van der Waals surface area contributed by atoms with Crippen molar-refractivity contribution in [1.82, 2.24) is 5.01 Å². The molecule has 7 heavy (non-hydrogen) atoms. The number of hydrogen-bond acceptors (Lipinski definition) is 2. The van der Waals surface area contributed by atoms with Gasteiger partial charge in [-0.25, -0.2) is 5.84 Å². The topological polar surface area (TPSA) is 29.3 Å². The van der Waals surface area contributed by atoms with Crippen LogP contribution in [0.25, 0.3) is 0 Å². The Morgan fingerprint density at radius 1 is 1.71 bits per heavy atom. The molecular formula is C5H7N2. The highest BCUT2D eigenvalue weighted by Gasteiger charge is 1.88. The number of nitrogens with two attached hydrogens (primary N) is 1. The molecule has 2 nitrogen and oxygen atoms in total. The number of rotatable bonds is 0. The van der Waals surface area contributed by atoms with Crippen molar-refractivity contribution < 1.29 is 0 Å². The van der Waals surface area contributed by atoms with Crippen LogP contribution in [0.5, 0.6) is 0 Å². The molecule has 1 heterocycles. The maximum atomic E-state index is 5.27. The van der Waals surface area contributed by atoms with E-state index in [2.05, 4.69) is 6.20 Å². The van der Waals surface area contributed by atoms with Crippen molar-refractivity contribution in [2.75, 3.05) is 6.54 Å². The molecule has 1 aliphatic heterocycles. The van der Waals surface area contributed by atoms with Gasteiger partial charge >= 0.3 is 0 Å². The predicted molar refractivity (Wildman–Crippen MR) is 27.8 cm³/mol. The van der Waals surface area contributed by atoms with Crippen LogP contribution in [0, 0.1) is 6.20 Å². The number of hydrazine groups is 1. The van der Waals surface area contributed by atoms with E-state index in [4.69, 9.17) is 5.84 Å². The van der Waals surface area contributed by atoms with Gasteiger partial charge in [-0.2, -0.15) is 0 Å².